The van der Waals surface area contributed by atoms with Crippen LogP contribution >= 0.6 is 22.9 Å². The number of aromatic nitrogens is 4. The first-order valence-corrected chi connectivity index (χ1v) is 10.9. The summed E-state index contributed by atoms with van der Waals surface area (Å²) in [5, 5.41) is 9.48. The van der Waals surface area contributed by atoms with Gasteiger partial charge in [-0.25, -0.2) is 4.98 Å². The predicted molar refractivity (Wildman–Crippen MR) is 115 cm³/mol. The zero-order chi connectivity index (χ0) is 20.6. The maximum absolute atomic E-state index is 12.7. The van der Waals surface area contributed by atoms with Crippen LogP contribution in [-0.2, 0) is 17.6 Å². The number of nitrogens with one attached hydrogen (secondary N) is 2. The normalized spacial score (nSPS) is 13.9. The van der Waals surface area contributed by atoms with Gasteiger partial charge < -0.3 is 5.32 Å². The molecule has 29 heavy (non-hydrogen) atoms. The molecule has 3 heterocycles. The number of nitrogens with zero attached hydrogens (tertiary/aromatic N) is 3. The first-order valence-electron chi connectivity index (χ1n) is 9.53. The molecule has 9 heteroatoms. The standard InChI is InChI=1S/C20H22ClN5O2S/c1-20(2,11-21)18(28)23-16-10-14(15-8-5-9-29-15)25-26(16)19-22-13-7-4-3-6-12(13)17(27)24-19/h5,8-10H,3-4,6-7,11H2,1-2H3,(H,23,28)(H,22,24,27). The van der Waals surface area contributed by atoms with Crippen LogP contribution in [0.15, 0.2) is 28.4 Å². The molecule has 3 aromatic heterocycles. The molecule has 0 aromatic carbocycles. The second kappa shape index (κ2) is 7.76. The van der Waals surface area contributed by atoms with Gasteiger partial charge in [-0.3, -0.25) is 14.6 Å². The summed E-state index contributed by atoms with van der Waals surface area (Å²) in [4.78, 5) is 33.8. The number of alkyl halides is 1. The number of hydrogen-bond donors (Lipinski definition) is 2. The smallest absolute Gasteiger partial charge is 0.255 e. The summed E-state index contributed by atoms with van der Waals surface area (Å²) in [6.45, 7) is 3.55. The number of carbonyl (C=O) groups is 1. The van der Waals surface area contributed by atoms with Gasteiger partial charge in [0.25, 0.3) is 5.56 Å². The van der Waals surface area contributed by atoms with Gasteiger partial charge in [0.05, 0.1) is 16.0 Å². The summed E-state index contributed by atoms with van der Waals surface area (Å²) in [6.07, 6.45) is 3.52. The topological polar surface area (TPSA) is 92.7 Å². The highest BCUT2D eigenvalue weighted by atomic mass is 35.5. The number of anilines is 1. The van der Waals surface area contributed by atoms with E-state index in [1.807, 2.05) is 17.5 Å². The summed E-state index contributed by atoms with van der Waals surface area (Å²) < 4.78 is 1.49. The van der Waals surface area contributed by atoms with E-state index >= 15 is 0 Å². The van der Waals surface area contributed by atoms with Crippen LogP contribution in [-0.4, -0.2) is 31.5 Å². The van der Waals surface area contributed by atoms with Gasteiger partial charge in [-0.05, 0) is 51.0 Å². The quantitative estimate of drug-likeness (QED) is 0.601. The summed E-state index contributed by atoms with van der Waals surface area (Å²) in [7, 11) is 0. The Morgan fingerprint density at radius 1 is 1.38 bits per heavy atom. The van der Waals surface area contributed by atoms with Crippen molar-refractivity contribution in [2.24, 2.45) is 5.41 Å². The van der Waals surface area contributed by atoms with Crippen LogP contribution in [0, 0.1) is 5.41 Å². The average Bonchev–Trinajstić information content (AvgIpc) is 3.38. The fraction of sp³-hybridized carbons (Fsp3) is 0.400. The molecule has 152 valence electrons. The molecule has 0 atom stereocenters. The van der Waals surface area contributed by atoms with Gasteiger partial charge in [-0.15, -0.1) is 22.9 Å². The van der Waals surface area contributed by atoms with Crippen molar-refractivity contribution in [3.8, 4) is 16.5 Å². The molecule has 0 spiro atoms. The van der Waals surface area contributed by atoms with E-state index in [0.717, 1.165) is 41.8 Å². The zero-order valence-electron chi connectivity index (χ0n) is 16.3. The van der Waals surface area contributed by atoms with Gasteiger partial charge in [0, 0.05) is 17.5 Å². The largest absolute Gasteiger partial charge is 0.310 e. The second-order valence-electron chi connectivity index (χ2n) is 7.80. The van der Waals surface area contributed by atoms with E-state index in [1.54, 1.807) is 31.3 Å². The lowest BCUT2D eigenvalue weighted by molar-refractivity contribution is -0.123. The van der Waals surface area contributed by atoms with Crippen molar-refractivity contribution in [3.63, 3.8) is 0 Å². The molecule has 0 saturated heterocycles. The third-order valence-electron chi connectivity index (χ3n) is 5.05. The highest BCUT2D eigenvalue weighted by molar-refractivity contribution is 7.13. The van der Waals surface area contributed by atoms with Crippen LogP contribution < -0.4 is 10.9 Å². The van der Waals surface area contributed by atoms with Crippen molar-refractivity contribution < 1.29 is 4.79 Å². The average molecular weight is 432 g/mol. The maximum Gasteiger partial charge on any atom is 0.255 e. The fourth-order valence-electron chi connectivity index (χ4n) is 3.21. The van der Waals surface area contributed by atoms with E-state index in [1.165, 1.54) is 4.68 Å². The summed E-state index contributed by atoms with van der Waals surface area (Å²) in [5.41, 5.74) is 1.35. The van der Waals surface area contributed by atoms with E-state index in [-0.39, 0.29) is 17.3 Å². The minimum absolute atomic E-state index is 0.142. The number of aryl methyl sites for hydroxylation is 1. The molecule has 1 aliphatic carbocycles. The number of fused-ring (bicyclic) bond motifs is 1. The Bertz CT molecular complexity index is 1100. The van der Waals surface area contributed by atoms with Gasteiger partial charge >= 0.3 is 0 Å². The predicted octanol–water partition coefficient (Wildman–Crippen LogP) is 3.77. The first-order chi connectivity index (χ1) is 13.9. The Hall–Kier alpha value is -2.45. The number of carbonyl (C=O) groups excluding carboxylic acids is 1. The van der Waals surface area contributed by atoms with Crippen LogP contribution in [0.1, 0.15) is 37.9 Å². The van der Waals surface area contributed by atoms with Crippen molar-refractivity contribution in [2.45, 2.75) is 39.5 Å². The molecule has 0 saturated carbocycles. The van der Waals surface area contributed by atoms with Crippen molar-refractivity contribution >= 4 is 34.7 Å². The van der Waals surface area contributed by atoms with Gasteiger partial charge in [0.15, 0.2) is 0 Å². The molecule has 1 amide bonds. The monoisotopic (exact) mass is 431 g/mol. The van der Waals surface area contributed by atoms with Crippen LogP contribution in [0.25, 0.3) is 16.5 Å². The molecule has 2 N–H and O–H groups in total. The minimum Gasteiger partial charge on any atom is -0.310 e. The van der Waals surface area contributed by atoms with E-state index in [4.69, 9.17) is 11.6 Å². The molecule has 0 aliphatic heterocycles. The van der Waals surface area contributed by atoms with Crippen molar-refractivity contribution in [1.29, 1.82) is 0 Å². The molecule has 1 aliphatic rings. The number of H-pyrrole nitrogens is 1. The number of thiophene rings is 1. The van der Waals surface area contributed by atoms with Gasteiger partial charge in [-0.1, -0.05) is 6.07 Å². The van der Waals surface area contributed by atoms with Gasteiger partial charge in [-0.2, -0.15) is 9.78 Å². The Morgan fingerprint density at radius 2 is 2.17 bits per heavy atom. The summed E-state index contributed by atoms with van der Waals surface area (Å²) in [6, 6.07) is 5.68. The van der Waals surface area contributed by atoms with E-state index in [0.29, 0.717) is 17.5 Å². The molecule has 7 nitrogen and oxygen atoms in total. The van der Waals surface area contributed by atoms with Crippen molar-refractivity contribution in [2.75, 3.05) is 11.2 Å². The zero-order valence-corrected chi connectivity index (χ0v) is 17.9. The lowest BCUT2D eigenvalue weighted by Gasteiger charge is -2.20. The number of rotatable bonds is 5. The maximum atomic E-state index is 12.7. The van der Waals surface area contributed by atoms with Gasteiger partial charge in [0.2, 0.25) is 11.9 Å². The van der Waals surface area contributed by atoms with Crippen LogP contribution in [0.2, 0.25) is 0 Å². The van der Waals surface area contributed by atoms with E-state index in [9.17, 15) is 9.59 Å². The molecule has 3 aromatic rings. The summed E-state index contributed by atoms with van der Waals surface area (Å²) in [5.74, 6) is 0.693. The third kappa shape index (κ3) is 3.86. The van der Waals surface area contributed by atoms with Gasteiger partial charge in [0.1, 0.15) is 11.5 Å². The lowest BCUT2D eigenvalue weighted by Crippen LogP contribution is -2.33. The molecular formula is C20H22ClN5O2S. The Morgan fingerprint density at radius 3 is 2.90 bits per heavy atom. The van der Waals surface area contributed by atoms with Crippen molar-refractivity contribution in [3.05, 3.63) is 45.2 Å². The third-order valence-corrected chi connectivity index (χ3v) is 6.61. The van der Waals surface area contributed by atoms with Crippen molar-refractivity contribution in [1.82, 2.24) is 19.7 Å². The fourth-order valence-corrected chi connectivity index (χ4v) is 4.02. The molecule has 4 rings (SSSR count). The van der Waals surface area contributed by atoms with Crippen LogP contribution in [0.4, 0.5) is 5.82 Å². The number of hydrogen-bond acceptors (Lipinski definition) is 5. The molecular weight excluding hydrogens is 410 g/mol. The number of aromatic amines is 1. The SMILES string of the molecule is CC(C)(CCl)C(=O)Nc1cc(-c2cccs2)nn1-c1nc2c(c(=O)[nH]1)CCCC2. The number of amides is 1. The Balaban J connectivity index is 1.81. The molecule has 0 radical (unpaired) electrons. The highest BCUT2D eigenvalue weighted by Gasteiger charge is 2.28. The Labute approximate surface area is 177 Å². The number of halogens is 1. The highest BCUT2D eigenvalue weighted by Crippen LogP contribution is 2.29. The van der Waals surface area contributed by atoms with E-state index in [2.05, 4.69) is 20.4 Å². The molecule has 0 fully saturated rings. The van der Waals surface area contributed by atoms with E-state index < -0.39 is 5.41 Å². The van der Waals surface area contributed by atoms with Crippen LogP contribution in [0.3, 0.4) is 0 Å². The minimum atomic E-state index is -0.754. The molecule has 0 unspecified atom stereocenters. The van der Waals surface area contributed by atoms with Crippen LogP contribution in [0.5, 0.6) is 0 Å². The second-order valence-corrected chi connectivity index (χ2v) is 9.01. The molecule has 0 bridgehead atoms. The first kappa shape index (κ1) is 19.8. The Kier molecular flexibility index (Phi) is 5.31. The summed E-state index contributed by atoms with van der Waals surface area (Å²) >= 11 is 7.50. The lowest BCUT2D eigenvalue weighted by atomic mass is 9.95.